The summed E-state index contributed by atoms with van der Waals surface area (Å²) in [6.07, 6.45) is 9.12. The third-order valence-electron chi connectivity index (χ3n) is 9.74. The van der Waals surface area contributed by atoms with Crippen LogP contribution in [-0.4, -0.2) is 98.1 Å². The number of hydrogen-bond donors (Lipinski definition) is 2. The van der Waals surface area contributed by atoms with E-state index in [2.05, 4.69) is 69.9 Å². The van der Waals surface area contributed by atoms with Crippen LogP contribution in [0.4, 0.5) is 10.1 Å². The largest absolute Gasteiger partial charge is 0.377 e. The van der Waals surface area contributed by atoms with Crippen molar-refractivity contribution in [3.05, 3.63) is 77.2 Å². The van der Waals surface area contributed by atoms with Crippen LogP contribution < -0.4 is 15.5 Å². The van der Waals surface area contributed by atoms with Crippen molar-refractivity contribution in [3.63, 3.8) is 0 Å². The fourth-order valence-corrected chi connectivity index (χ4v) is 6.52. The lowest BCUT2D eigenvalue weighted by Gasteiger charge is -2.37. The van der Waals surface area contributed by atoms with E-state index in [0.29, 0.717) is 29.5 Å². The number of rotatable bonds is 10. The zero-order chi connectivity index (χ0) is 33.8. The normalized spacial score (nSPS) is 19.8. The quantitative estimate of drug-likeness (QED) is 0.338. The average Bonchev–Trinajstić information content (AvgIpc) is 3.94. The molecule has 0 bridgehead atoms. The summed E-state index contributed by atoms with van der Waals surface area (Å²) in [6.45, 7) is 4.43. The number of allylic oxidation sites excluding steroid dienone is 1. The van der Waals surface area contributed by atoms with Gasteiger partial charge in [0, 0.05) is 30.7 Å². The van der Waals surface area contributed by atoms with Crippen LogP contribution in [0.25, 0.3) is 17.0 Å². The highest BCUT2D eigenvalue weighted by Crippen LogP contribution is 2.33. The molecule has 2 N–H and O–H groups in total. The molecular weight excluding hydrogens is 611 g/mol. The Morgan fingerprint density at radius 1 is 1.06 bits per heavy atom. The predicted octanol–water partition coefficient (Wildman–Crippen LogP) is 4.16. The van der Waals surface area contributed by atoms with Crippen LogP contribution in [0.15, 0.2) is 54.6 Å². The number of amides is 3. The van der Waals surface area contributed by atoms with E-state index in [9.17, 15) is 18.8 Å². The number of fused-ring (bicyclic) bond motifs is 1. The summed E-state index contributed by atoms with van der Waals surface area (Å²) in [7, 11) is 4.34. The molecule has 254 valence electrons. The van der Waals surface area contributed by atoms with Crippen LogP contribution in [-0.2, 0) is 14.3 Å². The molecule has 1 aromatic heterocycles. The van der Waals surface area contributed by atoms with Crippen molar-refractivity contribution in [2.75, 3.05) is 58.4 Å². The van der Waals surface area contributed by atoms with Crippen molar-refractivity contribution >= 4 is 40.4 Å². The maximum absolute atomic E-state index is 13.7. The van der Waals surface area contributed by atoms with Gasteiger partial charge in [0.05, 0.1) is 31.3 Å². The first kappa shape index (κ1) is 33.5. The highest BCUT2D eigenvalue weighted by molar-refractivity contribution is 5.97. The molecule has 3 aromatic rings. The number of carbonyl (C=O) groups excluding carboxylic acids is 3. The molecule has 0 unspecified atom stereocenters. The summed E-state index contributed by atoms with van der Waals surface area (Å²) in [5.41, 5.74) is 3.83. The number of ether oxygens (including phenoxy) is 1. The van der Waals surface area contributed by atoms with E-state index < -0.39 is 17.9 Å². The number of hydrogen-bond acceptors (Lipinski definition) is 7. The van der Waals surface area contributed by atoms with E-state index in [1.807, 2.05) is 6.92 Å². The minimum Gasteiger partial charge on any atom is -0.377 e. The molecule has 2 aliphatic heterocycles. The number of benzene rings is 2. The van der Waals surface area contributed by atoms with Gasteiger partial charge in [-0.3, -0.25) is 14.4 Å². The summed E-state index contributed by atoms with van der Waals surface area (Å²) in [5, 5.41) is 6.32. The molecule has 10 nitrogen and oxygen atoms in total. The standard InChI is InChI=1S/C37H45FN6O4/c1-24(31-11-10-30(21-26(31)7-6-25-4-5-25)43(3)29-14-16-42(2)17-15-29)40-37(47)34-23-48-19-18-44(34)35(45)22-39-36(46)33-12-8-27-20-28(38)9-13-32(27)41-33/h6-13,20-21,24-25,29,34H,4-5,14-19,22-23H2,1-3H3,(H,39,46)(H,40,47)/b7-6+/t24-,34-/m0/s1. The van der Waals surface area contributed by atoms with Gasteiger partial charge in [0.15, 0.2) is 0 Å². The maximum atomic E-state index is 13.7. The Hall–Kier alpha value is -4.35. The SMILES string of the molecule is C[C@H](NC(=O)[C@@H]1COCCN1C(=O)CNC(=O)c1ccc2cc(F)ccc2n1)c1ccc(N(C)C2CCN(C)CC2)cc1/C=C/C1CC1. The second kappa shape index (κ2) is 14.8. The number of carbonyl (C=O) groups is 3. The van der Waals surface area contributed by atoms with Crippen LogP contribution in [0.1, 0.15) is 60.3 Å². The average molecular weight is 657 g/mol. The van der Waals surface area contributed by atoms with Gasteiger partial charge in [-0.15, -0.1) is 0 Å². The monoisotopic (exact) mass is 656 g/mol. The van der Waals surface area contributed by atoms with Gasteiger partial charge < -0.3 is 30.1 Å². The van der Waals surface area contributed by atoms with E-state index in [-0.39, 0.29) is 43.2 Å². The first-order chi connectivity index (χ1) is 23.2. The van der Waals surface area contributed by atoms with Crippen molar-refractivity contribution in [3.8, 4) is 0 Å². The van der Waals surface area contributed by atoms with E-state index in [1.54, 1.807) is 6.07 Å². The van der Waals surface area contributed by atoms with E-state index >= 15 is 0 Å². The fraction of sp³-hybridized carbons (Fsp3) is 0.459. The third kappa shape index (κ3) is 8.02. The first-order valence-electron chi connectivity index (χ1n) is 16.9. The van der Waals surface area contributed by atoms with E-state index in [4.69, 9.17) is 4.74 Å². The molecule has 2 atom stereocenters. The molecule has 3 heterocycles. The Labute approximate surface area is 281 Å². The lowest BCUT2D eigenvalue weighted by molar-refractivity contribution is -0.148. The van der Waals surface area contributed by atoms with Crippen molar-refractivity contribution in [2.45, 2.75) is 50.7 Å². The summed E-state index contributed by atoms with van der Waals surface area (Å²) in [5.74, 6) is -1.01. The van der Waals surface area contributed by atoms with Gasteiger partial charge in [-0.25, -0.2) is 9.37 Å². The van der Waals surface area contributed by atoms with Gasteiger partial charge in [-0.1, -0.05) is 24.3 Å². The minimum absolute atomic E-state index is 0.0653. The van der Waals surface area contributed by atoms with Gasteiger partial charge in [0.1, 0.15) is 17.6 Å². The summed E-state index contributed by atoms with van der Waals surface area (Å²) in [4.78, 5) is 50.3. The molecule has 11 heteroatoms. The molecule has 0 spiro atoms. The fourth-order valence-electron chi connectivity index (χ4n) is 6.52. The lowest BCUT2D eigenvalue weighted by atomic mass is 9.97. The van der Waals surface area contributed by atoms with Crippen molar-refractivity contribution in [2.24, 2.45) is 5.92 Å². The van der Waals surface area contributed by atoms with Gasteiger partial charge in [-0.2, -0.15) is 0 Å². The van der Waals surface area contributed by atoms with Gasteiger partial charge >= 0.3 is 0 Å². The number of piperidine rings is 1. The highest BCUT2D eigenvalue weighted by Gasteiger charge is 2.34. The number of anilines is 1. The van der Waals surface area contributed by atoms with Crippen LogP contribution in [0.2, 0.25) is 0 Å². The Morgan fingerprint density at radius 3 is 2.62 bits per heavy atom. The highest BCUT2D eigenvalue weighted by atomic mass is 19.1. The molecule has 2 saturated heterocycles. The van der Waals surface area contributed by atoms with Gasteiger partial charge in [0.25, 0.3) is 5.91 Å². The summed E-state index contributed by atoms with van der Waals surface area (Å²) >= 11 is 0. The lowest BCUT2D eigenvalue weighted by Crippen LogP contribution is -2.57. The van der Waals surface area contributed by atoms with Crippen molar-refractivity contribution in [1.29, 1.82) is 0 Å². The number of aromatic nitrogens is 1. The topological polar surface area (TPSA) is 107 Å². The Bertz CT molecular complexity index is 1690. The minimum atomic E-state index is -0.834. The van der Waals surface area contributed by atoms with Gasteiger partial charge in [-0.05, 0) is 106 Å². The Balaban J connectivity index is 1.10. The Kier molecular flexibility index (Phi) is 10.4. The molecule has 1 saturated carbocycles. The molecule has 3 aliphatic rings. The molecule has 3 fully saturated rings. The molecule has 6 rings (SSSR count). The summed E-state index contributed by atoms with van der Waals surface area (Å²) in [6, 6.07) is 13.0. The predicted molar refractivity (Wildman–Crippen MR) is 184 cm³/mol. The number of likely N-dealkylation sites (tertiary alicyclic amines) is 1. The Morgan fingerprint density at radius 2 is 1.85 bits per heavy atom. The molecular formula is C37H45FN6O4. The zero-order valence-electron chi connectivity index (χ0n) is 28.0. The summed E-state index contributed by atoms with van der Waals surface area (Å²) < 4.78 is 19.1. The molecule has 0 radical (unpaired) electrons. The number of halogens is 1. The van der Waals surface area contributed by atoms with Gasteiger partial charge in [0.2, 0.25) is 11.8 Å². The molecule has 3 amide bonds. The first-order valence-corrected chi connectivity index (χ1v) is 16.9. The van der Waals surface area contributed by atoms with E-state index in [1.165, 1.54) is 42.0 Å². The second-order valence-corrected chi connectivity index (χ2v) is 13.3. The van der Waals surface area contributed by atoms with E-state index in [0.717, 1.165) is 42.7 Å². The molecule has 1 aliphatic carbocycles. The van der Waals surface area contributed by atoms with Crippen LogP contribution in [0.3, 0.4) is 0 Å². The number of nitrogens with one attached hydrogen (secondary N) is 2. The molecule has 2 aromatic carbocycles. The van der Waals surface area contributed by atoms with Crippen molar-refractivity contribution < 1.29 is 23.5 Å². The zero-order valence-corrected chi connectivity index (χ0v) is 28.0. The number of nitrogens with zero attached hydrogens (tertiary/aromatic N) is 4. The number of pyridine rings is 1. The van der Waals surface area contributed by atoms with Crippen LogP contribution in [0, 0.1) is 11.7 Å². The number of morpholine rings is 1. The molecule has 48 heavy (non-hydrogen) atoms. The van der Waals surface area contributed by atoms with Crippen LogP contribution >= 0.6 is 0 Å². The maximum Gasteiger partial charge on any atom is 0.270 e. The second-order valence-electron chi connectivity index (χ2n) is 13.3. The van der Waals surface area contributed by atoms with Crippen LogP contribution in [0.5, 0.6) is 0 Å². The van der Waals surface area contributed by atoms with Crippen molar-refractivity contribution in [1.82, 2.24) is 25.4 Å². The third-order valence-corrected chi connectivity index (χ3v) is 9.74. The smallest absolute Gasteiger partial charge is 0.270 e.